The summed E-state index contributed by atoms with van der Waals surface area (Å²) < 4.78 is 5.44. The zero-order valence-corrected chi connectivity index (χ0v) is 11.8. The Hall–Kier alpha value is -1.70. The Morgan fingerprint density at radius 1 is 1.42 bits per heavy atom. The van der Waals surface area contributed by atoms with Crippen molar-refractivity contribution in [3.8, 4) is 0 Å². The Kier molecular flexibility index (Phi) is 2.53. The lowest BCUT2D eigenvalue weighted by Gasteiger charge is -2.25. The van der Waals surface area contributed by atoms with Gasteiger partial charge >= 0.3 is 6.09 Å². The number of carbonyl (C=O) groups is 1. The maximum Gasteiger partial charge on any atom is 0.416 e. The molecule has 19 heavy (non-hydrogen) atoms. The van der Waals surface area contributed by atoms with Crippen LogP contribution in [0.5, 0.6) is 0 Å². The lowest BCUT2D eigenvalue weighted by Crippen LogP contribution is -2.33. The van der Waals surface area contributed by atoms with E-state index < -0.39 is 5.60 Å². The molecule has 0 spiro atoms. The number of rotatable bonds is 0. The molecule has 4 heteroatoms. The van der Waals surface area contributed by atoms with E-state index in [0.717, 1.165) is 16.8 Å². The number of hydrogen-bond acceptors (Lipinski definition) is 2. The largest absolute Gasteiger partial charge is 0.443 e. The summed E-state index contributed by atoms with van der Waals surface area (Å²) in [5.74, 6) is 0. The summed E-state index contributed by atoms with van der Waals surface area (Å²) in [6.07, 6.45) is 1.54. The van der Waals surface area contributed by atoms with E-state index in [1.165, 1.54) is 0 Å². The molecule has 0 N–H and O–H groups in total. The first-order valence-corrected chi connectivity index (χ1v) is 6.53. The zero-order chi connectivity index (χ0) is 13.8. The monoisotopic (exact) mass is 275 g/mol. The van der Waals surface area contributed by atoms with Crippen LogP contribution in [0.25, 0.3) is 5.70 Å². The van der Waals surface area contributed by atoms with Crippen LogP contribution in [-0.4, -0.2) is 16.6 Å². The number of halogens is 1. The van der Waals surface area contributed by atoms with Crippen molar-refractivity contribution in [2.75, 3.05) is 0 Å². The van der Waals surface area contributed by atoms with Crippen molar-refractivity contribution >= 4 is 23.4 Å². The molecule has 1 aromatic rings. The molecular formula is C15H14ClNO2. The highest BCUT2D eigenvalue weighted by molar-refractivity contribution is 6.30. The van der Waals surface area contributed by atoms with Crippen LogP contribution < -0.4 is 0 Å². The number of fused-ring (bicyclic) bond motifs is 5. The minimum Gasteiger partial charge on any atom is -0.443 e. The quantitative estimate of drug-likeness (QED) is 0.666. The van der Waals surface area contributed by atoms with Gasteiger partial charge in [-0.05, 0) is 44.5 Å². The van der Waals surface area contributed by atoms with Gasteiger partial charge in [0.1, 0.15) is 5.60 Å². The third-order valence-corrected chi connectivity index (χ3v) is 3.31. The molecule has 3 rings (SSSR count). The van der Waals surface area contributed by atoms with Crippen LogP contribution in [0.1, 0.15) is 37.9 Å². The summed E-state index contributed by atoms with van der Waals surface area (Å²) in [7, 11) is 0. The van der Waals surface area contributed by atoms with E-state index >= 15 is 0 Å². The van der Waals surface area contributed by atoms with E-state index in [9.17, 15) is 4.79 Å². The molecular weight excluding hydrogens is 262 g/mol. The van der Waals surface area contributed by atoms with Gasteiger partial charge in [-0.15, -0.1) is 0 Å². The lowest BCUT2D eigenvalue weighted by molar-refractivity contribution is 0.0334. The lowest BCUT2D eigenvalue weighted by atomic mass is 10.0. The molecule has 1 amide bonds. The highest BCUT2D eigenvalue weighted by Crippen LogP contribution is 2.46. The summed E-state index contributed by atoms with van der Waals surface area (Å²) in [4.78, 5) is 13.9. The number of hydrogen-bond donors (Lipinski definition) is 0. The van der Waals surface area contributed by atoms with E-state index in [-0.39, 0.29) is 12.1 Å². The first-order valence-electron chi connectivity index (χ1n) is 6.16. The van der Waals surface area contributed by atoms with Crippen molar-refractivity contribution in [1.29, 1.82) is 0 Å². The first kappa shape index (κ1) is 12.3. The van der Waals surface area contributed by atoms with Crippen LogP contribution in [0.3, 0.4) is 0 Å². The molecule has 1 aromatic carbocycles. The van der Waals surface area contributed by atoms with Gasteiger partial charge in [-0.25, -0.2) is 4.79 Å². The van der Waals surface area contributed by atoms with Crippen molar-refractivity contribution in [2.24, 2.45) is 0 Å². The van der Waals surface area contributed by atoms with E-state index in [2.05, 4.69) is 5.73 Å². The number of ether oxygens (including phenoxy) is 1. The fourth-order valence-electron chi connectivity index (χ4n) is 2.38. The molecule has 2 aliphatic rings. The first-order chi connectivity index (χ1) is 8.87. The van der Waals surface area contributed by atoms with E-state index in [1.807, 2.05) is 45.0 Å². The second kappa shape index (κ2) is 3.89. The van der Waals surface area contributed by atoms with Crippen molar-refractivity contribution in [1.82, 2.24) is 4.90 Å². The van der Waals surface area contributed by atoms with Crippen LogP contribution in [0.2, 0.25) is 5.02 Å². The van der Waals surface area contributed by atoms with Crippen molar-refractivity contribution in [3.05, 3.63) is 46.2 Å². The molecule has 0 fully saturated rings. The third kappa shape index (κ3) is 1.95. The Labute approximate surface area is 117 Å². The molecule has 1 unspecified atom stereocenters. The average Bonchev–Trinajstić information content (AvgIpc) is 2.82. The molecule has 0 radical (unpaired) electrons. The van der Waals surface area contributed by atoms with Gasteiger partial charge in [-0.2, -0.15) is 0 Å². The third-order valence-electron chi connectivity index (χ3n) is 3.08. The van der Waals surface area contributed by atoms with Crippen LogP contribution in [0.4, 0.5) is 4.79 Å². The smallest absolute Gasteiger partial charge is 0.416 e. The summed E-state index contributed by atoms with van der Waals surface area (Å²) >= 11 is 6.01. The normalized spacial score (nSPS) is 19.5. The van der Waals surface area contributed by atoms with Crippen LogP contribution >= 0.6 is 11.6 Å². The van der Waals surface area contributed by atoms with Crippen LogP contribution in [0.15, 0.2) is 30.0 Å². The number of nitrogens with zero attached hydrogens (tertiary/aromatic N) is 1. The molecule has 2 bridgehead atoms. The van der Waals surface area contributed by atoms with Gasteiger partial charge in [0.2, 0.25) is 0 Å². The average molecular weight is 276 g/mol. The Morgan fingerprint density at radius 2 is 2.16 bits per heavy atom. The maximum atomic E-state index is 12.3. The van der Waals surface area contributed by atoms with Gasteiger partial charge in [-0.1, -0.05) is 23.4 Å². The maximum absolute atomic E-state index is 12.3. The van der Waals surface area contributed by atoms with Gasteiger partial charge in [0.15, 0.2) is 0 Å². The number of carbonyl (C=O) groups excluding carboxylic acids is 1. The second-order valence-electron chi connectivity index (χ2n) is 5.69. The molecule has 98 valence electrons. The standard InChI is InChI=1S/C15H14ClNO2/c1-15(2,3)19-14(18)17-12-6-7-13(17)11-8-9(16)4-5-10(11)12/h4-6,8,12H,1-3H3. The Balaban J connectivity index is 1.95. The summed E-state index contributed by atoms with van der Waals surface area (Å²) in [6.45, 7) is 5.57. The zero-order valence-electron chi connectivity index (χ0n) is 11.0. The van der Waals surface area contributed by atoms with Gasteiger partial charge in [0, 0.05) is 10.6 Å². The molecule has 2 heterocycles. The highest BCUT2D eigenvalue weighted by Gasteiger charge is 2.41. The minimum absolute atomic E-state index is 0.114. The molecule has 0 aliphatic carbocycles. The van der Waals surface area contributed by atoms with Gasteiger partial charge < -0.3 is 4.74 Å². The Morgan fingerprint density at radius 3 is 2.84 bits per heavy atom. The van der Waals surface area contributed by atoms with Crippen molar-refractivity contribution in [3.63, 3.8) is 0 Å². The van der Waals surface area contributed by atoms with E-state index in [4.69, 9.17) is 16.3 Å². The molecule has 3 nitrogen and oxygen atoms in total. The summed E-state index contributed by atoms with van der Waals surface area (Å²) in [5, 5.41) is 0.657. The Bertz CT molecular complexity index is 636. The van der Waals surface area contributed by atoms with Gasteiger partial charge in [0.05, 0.1) is 11.7 Å². The fraction of sp³-hybridized carbons (Fsp3) is 0.333. The predicted molar refractivity (Wildman–Crippen MR) is 73.8 cm³/mol. The van der Waals surface area contributed by atoms with Crippen molar-refractivity contribution in [2.45, 2.75) is 32.4 Å². The number of amides is 1. The predicted octanol–water partition coefficient (Wildman–Crippen LogP) is 4.14. The molecule has 1 atom stereocenters. The fourth-order valence-corrected chi connectivity index (χ4v) is 2.56. The minimum atomic E-state index is -0.510. The molecule has 0 saturated heterocycles. The van der Waals surface area contributed by atoms with Crippen LogP contribution in [-0.2, 0) is 4.74 Å². The number of benzene rings is 1. The van der Waals surface area contributed by atoms with E-state index in [1.54, 1.807) is 4.90 Å². The molecule has 0 aromatic heterocycles. The van der Waals surface area contributed by atoms with Crippen molar-refractivity contribution < 1.29 is 9.53 Å². The van der Waals surface area contributed by atoms with E-state index in [0.29, 0.717) is 5.02 Å². The molecule has 0 saturated carbocycles. The van der Waals surface area contributed by atoms with Crippen LogP contribution in [0, 0.1) is 0 Å². The topological polar surface area (TPSA) is 29.5 Å². The summed E-state index contributed by atoms with van der Waals surface area (Å²) in [6, 6.07) is 5.54. The van der Waals surface area contributed by atoms with Gasteiger partial charge in [0.25, 0.3) is 0 Å². The SMILES string of the molecule is CC(C)(C)OC(=O)N1C2=C=CC1c1ccc(Cl)cc12. The highest BCUT2D eigenvalue weighted by atomic mass is 35.5. The molecule has 2 aliphatic heterocycles. The summed E-state index contributed by atoms with van der Waals surface area (Å²) in [5.41, 5.74) is 5.39. The second-order valence-corrected chi connectivity index (χ2v) is 6.12. The van der Waals surface area contributed by atoms with Gasteiger partial charge in [-0.3, -0.25) is 4.90 Å².